The molecule has 0 spiro atoms. The standard InChI is InChI=1S/C13H24N2O3/c1-6-8(10(16)17)15-11(18)14-7-9-12(2,3)13(9,4)5/h8-9H,6-7H2,1-5H3,(H,16,17)(H2,14,15,18). The molecule has 104 valence electrons. The highest BCUT2D eigenvalue weighted by molar-refractivity contribution is 5.82. The number of aliphatic carboxylic acids is 1. The lowest BCUT2D eigenvalue weighted by atomic mass is 10.0. The highest BCUT2D eigenvalue weighted by Gasteiger charge is 2.64. The Morgan fingerprint density at radius 2 is 1.72 bits per heavy atom. The SMILES string of the molecule is CCC(NC(=O)NCC1C(C)(C)C1(C)C)C(=O)O. The Labute approximate surface area is 108 Å². The zero-order valence-corrected chi connectivity index (χ0v) is 11.8. The first-order chi connectivity index (χ1) is 8.14. The maximum atomic E-state index is 11.6. The zero-order valence-electron chi connectivity index (χ0n) is 11.8. The van der Waals surface area contributed by atoms with E-state index in [1.165, 1.54) is 0 Å². The van der Waals surface area contributed by atoms with Gasteiger partial charge in [0.25, 0.3) is 0 Å². The normalized spacial score (nSPS) is 22.1. The molecule has 2 amide bonds. The first kappa shape index (κ1) is 14.8. The van der Waals surface area contributed by atoms with E-state index in [1.807, 2.05) is 0 Å². The van der Waals surface area contributed by atoms with Gasteiger partial charge in [0.2, 0.25) is 0 Å². The second kappa shape index (κ2) is 4.78. The van der Waals surface area contributed by atoms with Crippen LogP contribution in [0.5, 0.6) is 0 Å². The highest BCUT2D eigenvalue weighted by atomic mass is 16.4. The van der Waals surface area contributed by atoms with E-state index >= 15 is 0 Å². The van der Waals surface area contributed by atoms with Crippen LogP contribution >= 0.6 is 0 Å². The van der Waals surface area contributed by atoms with Crippen LogP contribution in [0.3, 0.4) is 0 Å². The highest BCUT2D eigenvalue weighted by Crippen LogP contribution is 2.67. The van der Waals surface area contributed by atoms with Gasteiger partial charge in [-0.05, 0) is 23.2 Å². The second-order valence-electron chi connectivity index (χ2n) is 6.15. The molecule has 1 atom stereocenters. The van der Waals surface area contributed by atoms with Crippen LogP contribution in [0.25, 0.3) is 0 Å². The van der Waals surface area contributed by atoms with Crippen LogP contribution in [-0.4, -0.2) is 29.7 Å². The first-order valence-electron chi connectivity index (χ1n) is 6.41. The lowest BCUT2D eigenvalue weighted by molar-refractivity contribution is -0.139. The zero-order chi connectivity index (χ0) is 14.1. The minimum atomic E-state index is -1.00. The van der Waals surface area contributed by atoms with Gasteiger partial charge < -0.3 is 15.7 Å². The number of carbonyl (C=O) groups excluding carboxylic acids is 1. The number of nitrogens with one attached hydrogen (secondary N) is 2. The predicted molar refractivity (Wildman–Crippen MR) is 69.3 cm³/mol. The maximum absolute atomic E-state index is 11.6. The van der Waals surface area contributed by atoms with Gasteiger partial charge in [0, 0.05) is 6.54 Å². The summed E-state index contributed by atoms with van der Waals surface area (Å²) in [6.07, 6.45) is 0.378. The average molecular weight is 256 g/mol. The van der Waals surface area contributed by atoms with Crippen molar-refractivity contribution in [2.75, 3.05) is 6.54 Å². The van der Waals surface area contributed by atoms with Gasteiger partial charge in [-0.1, -0.05) is 34.6 Å². The summed E-state index contributed by atoms with van der Waals surface area (Å²) in [4.78, 5) is 22.4. The number of hydrogen-bond acceptors (Lipinski definition) is 2. The average Bonchev–Trinajstić information content (AvgIpc) is 2.63. The van der Waals surface area contributed by atoms with E-state index < -0.39 is 18.0 Å². The van der Waals surface area contributed by atoms with Gasteiger partial charge in [-0.3, -0.25) is 0 Å². The molecular weight excluding hydrogens is 232 g/mol. The third kappa shape index (κ3) is 2.60. The number of carboxylic acid groups (broad SMARTS) is 1. The van der Waals surface area contributed by atoms with Crippen LogP contribution in [-0.2, 0) is 4.79 Å². The van der Waals surface area contributed by atoms with Crippen LogP contribution in [0.2, 0.25) is 0 Å². The van der Waals surface area contributed by atoms with Gasteiger partial charge in [-0.2, -0.15) is 0 Å². The third-order valence-corrected chi connectivity index (χ3v) is 4.80. The molecule has 0 bridgehead atoms. The number of urea groups is 1. The molecule has 18 heavy (non-hydrogen) atoms. The number of rotatable bonds is 5. The van der Waals surface area contributed by atoms with Crippen molar-refractivity contribution in [1.29, 1.82) is 0 Å². The van der Waals surface area contributed by atoms with Gasteiger partial charge in [0.1, 0.15) is 6.04 Å². The minimum absolute atomic E-state index is 0.219. The number of amides is 2. The van der Waals surface area contributed by atoms with E-state index in [0.717, 1.165) is 0 Å². The molecule has 0 saturated heterocycles. The lowest BCUT2D eigenvalue weighted by Gasteiger charge is -2.13. The Balaban J connectivity index is 2.38. The molecule has 0 aromatic heterocycles. The molecule has 0 heterocycles. The minimum Gasteiger partial charge on any atom is -0.480 e. The van der Waals surface area contributed by atoms with Crippen LogP contribution in [0.15, 0.2) is 0 Å². The van der Waals surface area contributed by atoms with Gasteiger partial charge >= 0.3 is 12.0 Å². The molecule has 1 saturated carbocycles. The lowest BCUT2D eigenvalue weighted by Crippen LogP contribution is -2.46. The molecule has 0 aromatic carbocycles. The third-order valence-electron chi connectivity index (χ3n) is 4.80. The molecule has 3 N–H and O–H groups in total. The number of carbonyl (C=O) groups is 2. The van der Waals surface area contributed by atoms with E-state index in [0.29, 0.717) is 18.9 Å². The van der Waals surface area contributed by atoms with E-state index in [9.17, 15) is 9.59 Å². The van der Waals surface area contributed by atoms with Gasteiger partial charge in [0.05, 0.1) is 0 Å². The first-order valence-corrected chi connectivity index (χ1v) is 6.41. The Kier molecular flexibility index (Phi) is 3.93. The maximum Gasteiger partial charge on any atom is 0.326 e. The van der Waals surface area contributed by atoms with Crippen LogP contribution in [0.1, 0.15) is 41.0 Å². The van der Waals surface area contributed by atoms with Crippen molar-refractivity contribution < 1.29 is 14.7 Å². The van der Waals surface area contributed by atoms with Crippen LogP contribution in [0, 0.1) is 16.7 Å². The Morgan fingerprint density at radius 1 is 1.22 bits per heavy atom. The monoisotopic (exact) mass is 256 g/mol. The van der Waals surface area contributed by atoms with Crippen molar-refractivity contribution in [3.05, 3.63) is 0 Å². The fourth-order valence-electron chi connectivity index (χ4n) is 2.59. The Hall–Kier alpha value is -1.26. The van der Waals surface area contributed by atoms with E-state index in [4.69, 9.17) is 5.11 Å². The molecule has 1 rings (SSSR count). The van der Waals surface area contributed by atoms with Crippen LogP contribution in [0.4, 0.5) is 4.79 Å². The smallest absolute Gasteiger partial charge is 0.326 e. The Morgan fingerprint density at radius 3 is 2.06 bits per heavy atom. The molecule has 1 aliphatic rings. The van der Waals surface area contributed by atoms with Gasteiger partial charge in [-0.25, -0.2) is 9.59 Å². The molecule has 0 radical (unpaired) electrons. The van der Waals surface area contributed by atoms with Crippen molar-refractivity contribution in [3.8, 4) is 0 Å². The quantitative estimate of drug-likeness (QED) is 0.702. The van der Waals surface area contributed by atoms with E-state index in [2.05, 4.69) is 38.3 Å². The van der Waals surface area contributed by atoms with Crippen molar-refractivity contribution in [2.45, 2.75) is 47.1 Å². The van der Waals surface area contributed by atoms with Crippen molar-refractivity contribution in [3.63, 3.8) is 0 Å². The van der Waals surface area contributed by atoms with Gasteiger partial charge in [-0.15, -0.1) is 0 Å². The van der Waals surface area contributed by atoms with Gasteiger partial charge in [0.15, 0.2) is 0 Å². The van der Waals surface area contributed by atoms with E-state index in [1.54, 1.807) is 6.92 Å². The number of hydrogen-bond donors (Lipinski definition) is 3. The molecule has 0 aliphatic heterocycles. The molecule has 1 aliphatic carbocycles. The predicted octanol–water partition coefficient (Wildman–Crippen LogP) is 1.83. The summed E-state index contributed by atoms with van der Waals surface area (Å²) in [5, 5.41) is 14.1. The molecular formula is C13H24N2O3. The Bertz CT molecular complexity index is 336. The fourth-order valence-corrected chi connectivity index (χ4v) is 2.59. The van der Waals surface area contributed by atoms with Crippen molar-refractivity contribution in [1.82, 2.24) is 10.6 Å². The summed E-state index contributed by atoms with van der Waals surface area (Å²) < 4.78 is 0. The van der Waals surface area contributed by atoms with Crippen molar-refractivity contribution >= 4 is 12.0 Å². The summed E-state index contributed by atoms with van der Waals surface area (Å²) >= 11 is 0. The summed E-state index contributed by atoms with van der Waals surface area (Å²) in [7, 11) is 0. The van der Waals surface area contributed by atoms with Crippen molar-refractivity contribution in [2.24, 2.45) is 16.7 Å². The molecule has 5 nitrogen and oxygen atoms in total. The number of carboxylic acids is 1. The topological polar surface area (TPSA) is 78.4 Å². The molecule has 1 fully saturated rings. The second-order valence-corrected chi connectivity index (χ2v) is 6.15. The summed E-state index contributed by atoms with van der Waals surface area (Å²) in [5.41, 5.74) is 0.439. The van der Waals surface area contributed by atoms with E-state index in [-0.39, 0.29) is 10.8 Å². The summed E-state index contributed by atoms with van der Waals surface area (Å²) in [6, 6.07) is -1.21. The molecule has 5 heteroatoms. The summed E-state index contributed by atoms with van der Waals surface area (Å²) in [6.45, 7) is 11.0. The fraction of sp³-hybridized carbons (Fsp3) is 0.846. The molecule has 0 aromatic rings. The largest absolute Gasteiger partial charge is 0.480 e. The molecule has 1 unspecified atom stereocenters. The summed E-state index contributed by atoms with van der Waals surface area (Å²) in [5.74, 6) is -0.569. The van der Waals surface area contributed by atoms with Crippen LogP contribution < -0.4 is 10.6 Å².